The molecule has 0 saturated heterocycles. The second-order valence-corrected chi connectivity index (χ2v) is 2.66. The molecule has 0 amide bonds. The standard InChI is InChI=1S/C9H8O3/c10-5-8-6-3-1-2-4-7(6)9(11)12-8/h1-4,8,10H,5H2/t8-/m0/s1. The molecule has 0 saturated carbocycles. The maximum Gasteiger partial charge on any atom is 0.339 e. The van der Waals surface area contributed by atoms with E-state index in [1.54, 1.807) is 18.2 Å². The number of ether oxygens (including phenoxy) is 1. The number of cyclic esters (lactones) is 1. The molecule has 0 fully saturated rings. The van der Waals surface area contributed by atoms with Gasteiger partial charge in [-0.15, -0.1) is 0 Å². The van der Waals surface area contributed by atoms with Gasteiger partial charge in [-0.25, -0.2) is 4.79 Å². The largest absolute Gasteiger partial charge is 0.451 e. The minimum atomic E-state index is -0.464. The van der Waals surface area contributed by atoms with Gasteiger partial charge in [0, 0.05) is 5.56 Å². The average molecular weight is 164 g/mol. The summed E-state index contributed by atoms with van der Waals surface area (Å²) in [6, 6.07) is 7.09. The first-order chi connectivity index (χ1) is 5.83. The molecule has 3 heteroatoms. The minimum absolute atomic E-state index is 0.150. The first-order valence-electron chi connectivity index (χ1n) is 3.73. The number of hydrogen-bond acceptors (Lipinski definition) is 3. The Morgan fingerprint density at radius 2 is 2.17 bits per heavy atom. The van der Waals surface area contributed by atoms with Crippen LogP contribution in [0.25, 0.3) is 0 Å². The number of rotatable bonds is 1. The predicted molar refractivity (Wildman–Crippen MR) is 41.7 cm³/mol. The third-order valence-corrected chi connectivity index (χ3v) is 1.94. The molecule has 0 radical (unpaired) electrons. The number of esters is 1. The van der Waals surface area contributed by atoms with Gasteiger partial charge in [-0.05, 0) is 6.07 Å². The van der Waals surface area contributed by atoms with Crippen LogP contribution in [-0.2, 0) is 4.74 Å². The van der Waals surface area contributed by atoms with E-state index in [-0.39, 0.29) is 12.6 Å². The third-order valence-electron chi connectivity index (χ3n) is 1.94. The number of hydrogen-bond donors (Lipinski definition) is 1. The highest BCUT2D eigenvalue weighted by Crippen LogP contribution is 2.29. The lowest BCUT2D eigenvalue weighted by Gasteiger charge is -2.04. The van der Waals surface area contributed by atoms with Crippen molar-refractivity contribution < 1.29 is 14.6 Å². The SMILES string of the molecule is O=C1O[C@@H](CO)c2ccccc21. The highest BCUT2D eigenvalue weighted by atomic mass is 16.6. The van der Waals surface area contributed by atoms with Crippen molar-refractivity contribution in [3.05, 3.63) is 35.4 Å². The number of aliphatic hydroxyl groups excluding tert-OH is 1. The fourth-order valence-corrected chi connectivity index (χ4v) is 1.36. The summed E-state index contributed by atoms with van der Waals surface area (Å²) >= 11 is 0. The lowest BCUT2D eigenvalue weighted by atomic mass is 10.1. The zero-order chi connectivity index (χ0) is 8.55. The highest BCUT2D eigenvalue weighted by molar-refractivity contribution is 5.93. The molecule has 2 rings (SSSR count). The number of carbonyl (C=O) groups is 1. The van der Waals surface area contributed by atoms with Crippen molar-refractivity contribution >= 4 is 5.97 Å². The molecule has 0 aromatic heterocycles. The first kappa shape index (κ1) is 7.31. The second kappa shape index (κ2) is 2.60. The first-order valence-corrected chi connectivity index (χ1v) is 3.73. The Labute approximate surface area is 69.6 Å². The second-order valence-electron chi connectivity index (χ2n) is 2.66. The Balaban J connectivity index is 2.50. The van der Waals surface area contributed by atoms with Crippen molar-refractivity contribution in [1.29, 1.82) is 0 Å². The van der Waals surface area contributed by atoms with Gasteiger partial charge >= 0.3 is 5.97 Å². The molecule has 1 aromatic carbocycles. The highest BCUT2D eigenvalue weighted by Gasteiger charge is 2.29. The van der Waals surface area contributed by atoms with E-state index in [9.17, 15) is 4.79 Å². The minimum Gasteiger partial charge on any atom is -0.451 e. The number of fused-ring (bicyclic) bond motifs is 1. The van der Waals surface area contributed by atoms with Crippen LogP contribution in [0.4, 0.5) is 0 Å². The van der Waals surface area contributed by atoms with Crippen LogP contribution in [0.3, 0.4) is 0 Å². The monoisotopic (exact) mass is 164 g/mol. The molecule has 0 spiro atoms. The summed E-state index contributed by atoms with van der Waals surface area (Å²) in [6.45, 7) is -0.150. The summed E-state index contributed by atoms with van der Waals surface area (Å²) in [5.41, 5.74) is 1.35. The molecule has 0 aliphatic carbocycles. The molecule has 0 unspecified atom stereocenters. The van der Waals surface area contributed by atoms with E-state index in [0.29, 0.717) is 5.56 Å². The van der Waals surface area contributed by atoms with Crippen LogP contribution in [0.2, 0.25) is 0 Å². The number of carbonyl (C=O) groups excluding carboxylic acids is 1. The van der Waals surface area contributed by atoms with E-state index in [2.05, 4.69) is 0 Å². The summed E-state index contributed by atoms with van der Waals surface area (Å²) in [7, 11) is 0. The summed E-state index contributed by atoms with van der Waals surface area (Å²) in [5.74, 6) is -0.343. The zero-order valence-corrected chi connectivity index (χ0v) is 6.36. The van der Waals surface area contributed by atoms with Gasteiger partial charge in [0.05, 0.1) is 12.2 Å². The fourth-order valence-electron chi connectivity index (χ4n) is 1.36. The lowest BCUT2D eigenvalue weighted by molar-refractivity contribution is 0.0235. The van der Waals surface area contributed by atoms with Crippen molar-refractivity contribution in [2.75, 3.05) is 6.61 Å². The molecule has 62 valence electrons. The molecule has 1 aliphatic rings. The Morgan fingerprint density at radius 3 is 2.92 bits per heavy atom. The van der Waals surface area contributed by atoms with E-state index in [4.69, 9.17) is 9.84 Å². The van der Waals surface area contributed by atoms with Gasteiger partial charge in [0.15, 0.2) is 6.10 Å². The van der Waals surface area contributed by atoms with Crippen molar-refractivity contribution in [3.63, 3.8) is 0 Å². The Hall–Kier alpha value is -1.35. The molecule has 1 aromatic rings. The van der Waals surface area contributed by atoms with Crippen LogP contribution in [0.15, 0.2) is 24.3 Å². The summed E-state index contributed by atoms with van der Waals surface area (Å²) in [5, 5.41) is 8.85. The molecule has 12 heavy (non-hydrogen) atoms. The van der Waals surface area contributed by atoms with Gasteiger partial charge in [0.25, 0.3) is 0 Å². The molecular formula is C9H8O3. The van der Waals surface area contributed by atoms with E-state index in [1.807, 2.05) is 6.07 Å². The van der Waals surface area contributed by atoms with Crippen molar-refractivity contribution in [2.45, 2.75) is 6.10 Å². The predicted octanol–water partition coefficient (Wildman–Crippen LogP) is 0.890. The average Bonchev–Trinajstić information content (AvgIpc) is 2.44. The quantitative estimate of drug-likeness (QED) is 0.627. The lowest BCUT2D eigenvalue weighted by Crippen LogP contribution is -2.02. The molecule has 1 heterocycles. The van der Waals surface area contributed by atoms with Gasteiger partial charge < -0.3 is 9.84 Å². The smallest absolute Gasteiger partial charge is 0.339 e. The van der Waals surface area contributed by atoms with E-state index < -0.39 is 6.10 Å². The van der Waals surface area contributed by atoms with Gasteiger partial charge in [0.2, 0.25) is 0 Å². The maximum atomic E-state index is 11.1. The summed E-state index contributed by atoms with van der Waals surface area (Å²) < 4.78 is 4.89. The van der Waals surface area contributed by atoms with Gasteiger partial charge in [-0.3, -0.25) is 0 Å². The van der Waals surface area contributed by atoms with E-state index in [1.165, 1.54) is 0 Å². The van der Waals surface area contributed by atoms with Crippen molar-refractivity contribution in [3.8, 4) is 0 Å². The van der Waals surface area contributed by atoms with Crippen LogP contribution in [0, 0.1) is 0 Å². The molecule has 1 atom stereocenters. The van der Waals surface area contributed by atoms with Crippen molar-refractivity contribution in [1.82, 2.24) is 0 Å². The molecule has 1 aliphatic heterocycles. The summed E-state index contributed by atoms with van der Waals surface area (Å²) in [6.07, 6.45) is -0.464. The molecule has 1 N–H and O–H groups in total. The molecule has 3 nitrogen and oxygen atoms in total. The molecular weight excluding hydrogens is 156 g/mol. The number of aliphatic hydroxyl groups is 1. The van der Waals surface area contributed by atoms with Gasteiger partial charge in [0.1, 0.15) is 0 Å². The maximum absolute atomic E-state index is 11.1. The number of benzene rings is 1. The van der Waals surface area contributed by atoms with E-state index in [0.717, 1.165) is 5.56 Å². The topological polar surface area (TPSA) is 46.5 Å². The summed E-state index contributed by atoms with van der Waals surface area (Å²) in [4.78, 5) is 11.1. The van der Waals surface area contributed by atoms with Crippen molar-refractivity contribution in [2.24, 2.45) is 0 Å². The van der Waals surface area contributed by atoms with Crippen LogP contribution < -0.4 is 0 Å². The molecule has 0 bridgehead atoms. The van der Waals surface area contributed by atoms with Gasteiger partial charge in [-0.1, -0.05) is 18.2 Å². The Bertz CT molecular complexity index is 319. The fraction of sp³-hybridized carbons (Fsp3) is 0.222. The van der Waals surface area contributed by atoms with Crippen LogP contribution in [0.5, 0.6) is 0 Å². The Kier molecular flexibility index (Phi) is 1.59. The third kappa shape index (κ3) is 0.905. The van der Waals surface area contributed by atoms with Gasteiger partial charge in [-0.2, -0.15) is 0 Å². The van der Waals surface area contributed by atoms with Crippen LogP contribution in [-0.4, -0.2) is 17.7 Å². The van der Waals surface area contributed by atoms with E-state index >= 15 is 0 Å². The van der Waals surface area contributed by atoms with Crippen LogP contribution >= 0.6 is 0 Å². The zero-order valence-electron chi connectivity index (χ0n) is 6.36. The normalized spacial score (nSPS) is 20.4. The Morgan fingerprint density at radius 1 is 1.42 bits per heavy atom. The van der Waals surface area contributed by atoms with Crippen LogP contribution in [0.1, 0.15) is 22.0 Å².